The molecule has 0 radical (unpaired) electrons. The third-order valence-corrected chi connectivity index (χ3v) is 3.66. The van der Waals surface area contributed by atoms with E-state index in [0.717, 1.165) is 30.0 Å². The predicted octanol–water partition coefficient (Wildman–Crippen LogP) is 2.69. The minimum absolute atomic E-state index is 0.349. The van der Waals surface area contributed by atoms with Gasteiger partial charge in [0.1, 0.15) is 18.5 Å². The monoisotopic (exact) mass is 265 g/mol. The molecule has 0 saturated heterocycles. The van der Waals surface area contributed by atoms with Crippen LogP contribution in [-0.2, 0) is 0 Å². The van der Waals surface area contributed by atoms with E-state index in [4.69, 9.17) is 4.74 Å². The number of rotatable bonds is 7. The van der Waals surface area contributed by atoms with Gasteiger partial charge in [-0.1, -0.05) is 26.0 Å². The van der Waals surface area contributed by atoms with Gasteiger partial charge >= 0.3 is 0 Å². The molecule has 1 rings (SSSR count). The Hall–Kier alpha value is -1.06. The van der Waals surface area contributed by atoms with Crippen molar-refractivity contribution >= 4 is 0 Å². The van der Waals surface area contributed by atoms with Crippen LogP contribution in [0.25, 0.3) is 0 Å². The number of aliphatic hydroxyl groups is 1. The van der Waals surface area contributed by atoms with E-state index in [-0.39, 0.29) is 0 Å². The Morgan fingerprint density at radius 3 is 2.26 bits per heavy atom. The van der Waals surface area contributed by atoms with Gasteiger partial charge in [0, 0.05) is 6.54 Å². The van der Waals surface area contributed by atoms with E-state index in [1.807, 2.05) is 6.92 Å². The van der Waals surface area contributed by atoms with E-state index in [9.17, 15) is 5.11 Å². The van der Waals surface area contributed by atoms with Crippen LogP contribution in [0.2, 0.25) is 0 Å². The second kappa shape index (κ2) is 7.51. The normalized spacial score (nSPS) is 12.8. The van der Waals surface area contributed by atoms with Gasteiger partial charge in [-0.2, -0.15) is 0 Å². The Morgan fingerprint density at radius 2 is 1.68 bits per heavy atom. The quantitative estimate of drug-likeness (QED) is 0.823. The number of hydrogen-bond acceptors (Lipinski definition) is 3. The molecule has 0 saturated carbocycles. The van der Waals surface area contributed by atoms with E-state index >= 15 is 0 Å². The van der Waals surface area contributed by atoms with Crippen LogP contribution in [0, 0.1) is 20.8 Å². The summed E-state index contributed by atoms with van der Waals surface area (Å²) in [4.78, 5) is 2.20. The van der Waals surface area contributed by atoms with Crippen molar-refractivity contribution in [1.29, 1.82) is 0 Å². The van der Waals surface area contributed by atoms with E-state index in [1.165, 1.54) is 5.56 Å². The van der Waals surface area contributed by atoms with Gasteiger partial charge in [0.15, 0.2) is 0 Å². The van der Waals surface area contributed by atoms with Crippen LogP contribution >= 0.6 is 0 Å². The lowest BCUT2D eigenvalue weighted by molar-refractivity contribution is 0.0711. The highest BCUT2D eigenvalue weighted by atomic mass is 16.5. The first-order valence-corrected chi connectivity index (χ1v) is 7.09. The predicted molar refractivity (Wildman–Crippen MR) is 79.9 cm³/mol. The molecule has 0 fully saturated rings. The molecule has 3 heteroatoms. The van der Waals surface area contributed by atoms with Crippen molar-refractivity contribution in [3.63, 3.8) is 0 Å². The summed E-state index contributed by atoms with van der Waals surface area (Å²) in [7, 11) is 0. The zero-order valence-electron chi connectivity index (χ0n) is 12.9. The van der Waals surface area contributed by atoms with E-state index in [0.29, 0.717) is 13.2 Å². The molecule has 3 nitrogen and oxygen atoms in total. The summed E-state index contributed by atoms with van der Waals surface area (Å²) in [5.41, 5.74) is 3.51. The van der Waals surface area contributed by atoms with Crippen molar-refractivity contribution in [2.24, 2.45) is 0 Å². The molecule has 1 aromatic carbocycles. The fourth-order valence-electron chi connectivity index (χ4n) is 2.16. The molecule has 1 atom stereocenters. The summed E-state index contributed by atoms with van der Waals surface area (Å²) in [6.07, 6.45) is -0.445. The molecule has 0 bridgehead atoms. The molecular formula is C16H27NO2. The average Bonchev–Trinajstić information content (AvgIpc) is 2.40. The number of nitrogens with zero attached hydrogens (tertiary/aromatic N) is 1. The van der Waals surface area contributed by atoms with Gasteiger partial charge in [0.2, 0.25) is 0 Å². The summed E-state index contributed by atoms with van der Waals surface area (Å²) < 4.78 is 5.82. The molecular weight excluding hydrogens is 238 g/mol. The van der Waals surface area contributed by atoms with Crippen LogP contribution in [0.15, 0.2) is 12.1 Å². The Bertz CT molecular complexity index is 400. The molecule has 1 N–H and O–H groups in total. The molecule has 0 amide bonds. The maximum Gasteiger partial charge on any atom is 0.125 e. The van der Waals surface area contributed by atoms with Crippen molar-refractivity contribution in [1.82, 2.24) is 4.90 Å². The molecule has 19 heavy (non-hydrogen) atoms. The van der Waals surface area contributed by atoms with Crippen LogP contribution in [0.4, 0.5) is 0 Å². The summed E-state index contributed by atoms with van der Waals surface area (Å²) in [5, 5.41) is 10.0. The number of ether oxygens (including phenoxy) is 1. The Labute approximate surface area is 117 Å². The zero-order valence-corrected chi connectivity index (χ0v) is 12.9. The van der Waals surface area contributed by atoms with E-state index in [1.54, 1.807) is 0 Å². The highest BCUT2D eigenvalue weighted by Gasteiger charge is 2.12. The second-order valence-corrected chi connectivity index (χ2v) is 5.10. The molecule has 0 heterocycles. The van der Waals surface area contributed by atoms with Crippen molar-refractivity contribution in [3.05, 3.63) is 28.8 Å². The number of benzene rings is 1. The fourth-order valence-corrected chi connectivity index (χ4v) is 2.16. The topological polar surface area (TPSA) is 32.7 Å². The Kier molecular flexibility index (Phi) is 6.32. The molecule has 0 aliphatic carbocycles. The van der Waals surface area contributed by atoms with Gasteiger partial charge in [0.05, 0.1) is 0 Å². The highest BCUT2D eigenvalue weighted by Crippen LogP contribution is 2.25. The summed E-state index contributed by atoms with van der Waals surface area (Å²) in [6, 6.07) is 4.16. The van der Waals surface area contributed by atoms with Gasteiger partial charge in [-0.15, -0.1) is 0 Å². The van der Waals surface area contributed by atoms with E-state index < -0.39 is 6.10 Å². The minimum Gasteiger partial charge on any atom is -0.490 e. The largest absolute Gasteiger partial charge is 0.490 e. The third-order valence-electron chi connectivity index (χ3n) is 3.66. The Morgan fingerprint density at radius 1 is 1.11 bits per heavy atom. The molecule has 1 unspecified atom stereocenters. The molecule has 0 aliphatic rings. The summed E-state index contributed by atoms with van der Waals surface area (Å²) in [5.74, 6) is 0.915. The number of hydrogen-bond donors (Lipinski definition) is 1. The first-order chi connectivity index (χ1) is 8.99. The number of likely N-dealkylation sites (N-methyl/N-ethyl adjacent to an activating group) is 1. The molecule has 0 aliphatic heterocycles. The van der Waals surface area contributed by atoms with Gasteiger partial charge in [-0.25, -0.2) is 0 Å². The van der Waals surface area contributed by atoms with Crippen molar-refractivity contribution in [2.45, 2.75) is 40.7 Å². The second-order valence-electron chi connectivity index (χ2n) is 5.10. The zero-order chi connectivity index (χ0) is 14.4. The SMILES string of the molecule is CCN(CC)CC(O)COc1c(C)ccc(C)c1C. The van der Waals surface area contributed by atoms with Gasteiger partial charge in [-0.05, 0) is 50.6 Å². The minimum atomic E-state index is -0.445. The highest BCUT2D eigenvalue weighted by molar-refractivity contribution is 5.44. The third kappa shape index (κ3) is 4.51. The number of aliphatic hydroxyl groups excluding tert-OH is 1. The van der Waals surface area contributed by atoms with Crippen molar-refractivity contribution in [3.8, 4) is 5.75 Å². The van der Waals surface area contributed by atoms with E-state index in [2.05, 4.69) is 44.7 Å². The van der Waals surface area contributed by atoms with Crippen LogP contribution in [-0.4, -0.2) is 42.4 Å². The lowest BCUT2D eigenvalue weighted by Crippen LogP contribution is -2.35. The summed E-state index contributed by atoms with van der Waals surface area (Å²) in [6.45, 7) is 13.3. The van der Waals surface area contributed by atoms with Crippen LogP contribution in [0.5, 0.6) is 5.75 Å². The molecule has 0 aromatic heterocycles. The fraction of sp³-hybridized carbons (Fsp3) is 0.625. The number of aryl methyl sites for hydroxylation is 2. The van der Waals surface area contributed by atoms with Crippen molar-refractivity contribution < 1.29 is 9.84 Å². The smallest absolute Gasteiger partial charge is 0.125 e. The van der Waals surface area contributed by atoms with Gasteiger partial charge in [0.25, 0.3) is 0 Å². The van der Waals surface area contributed by atoms with Crippen LogP contribution in [0.3, 0.4) is 0 Å². The molecule has 1 aromatic rings. The first-order valence-electron chi connectivity index (χ1n) is 7.09. The average molecular weight is 265 g/mol. The van der Waals surface area contributed by atoms with Gasteiger partial charge in [-0.3, -0.25) is 0 Å². The van der Waals surface area contributed by atoms with Crippen LogP contribution in [0.1, 0.15) is 30.5 Å². The molecule has 0 spiro atoms. The first kappa shape index (κ1) is 16.0. The lowest BCUT2D eigenvalue weighted by Gasteiger charge is -2.23. The maximum absolute atomic E-state index is 10.0. The molecule has 108 valence electrons. The Balaban J connectivity index is 2.59. The van der Waals surface area contributed by atoms with Crippen LogP contribution < -0.4 is 4.74 Å². The van der Waals surface area contributed by atoms with Gasteiger partial charge < -0.3 is 14.7 Å². The lowest BCUT2D eigenvalue weighted by atomic mass is 10.1. The standard InChI is InChI=1S/C16H27NO2/c1-6-17(7-2)10-15(18)11-19-16-13(4)9-8-12(3)14(16)5/h8-9,15,18H,6-7,10-11H2,1-5H3. The maximum atomic E-state index is 10.0. The summed E-state index contributed by atoms with van der Waals surface area (Å²) >= 11 is 0. The van der Waals surface area contributed by atoms with Crippen molar-refractivity contribution in [2.75, 3.05) is 26.2 Å².